The van der Waals surface area contributed by atoms with E-state index >= 15 is 0 Å². The number of benzene rings is 1. The van der Waals surface area contributed by atoms with Crippen molar-refractivity contribution in [2.75, 3.05) is 0 Å². The van der Waals surface area contributed by atoms with Crippen LogP contribution in [0.15, 0.2) is 24.3 Å². The Balaban J connectivity index is 0.00000220. The van der Waals surface area contributed by atoms with Gasteiger partial charge in [0, 0.05) is 23.5 Å². The average molecular weight is 331 g/mol. The third kappa shape index (κ3) is 4.87. The van der Waals surface area contributed by atoms with E-state index in [-0.39, 0.29) is 30.4 Å². The largest absolute Gasteiger partial charge is 0.333 e. The van der Waals surface area contributed by atoms with Crippen LogP contribution in [0.2, 0.25) is 5.02 Å². The molecule has 0 radical (unpaired) electrons. The van der Waals surface area contributed by atoms with E-state index in [4.69, 9.17) is 17.3 Å². The number of amides is 1. The van der Waals surface area contributed by atoms with Crippen molar-refractivity contribution in [3.05, 3.63) is 34.9 Å². The summed E-state index contributed by atoms with van der Waals surface area (Å²) >= 11 is 6.26. The van der Waals surface area contributed by atoms with Gasteiger partial charge in [-0.05, 0) is 44.7 Å². The molecular weight excluding hydrogens is 307 g/mol. The molecular formula is C16H24Cl2N2O. The summed E-state index contributed by atoms with van der Waals surface area (Å²) in [6.45, 7) is 4.00. The molecule has 1 aromatic rings. The minimum Gasteiger partial charge on any atom is -0.333 e. The summed E-state index contributed by atoms with van der Waals surface area (Å²) in [5.74, 6) is 0.192. The van der Waals surface area contributed by atoms with Crippen molar-refractivity contribution in [3.63, 3.8) is 0 Å². The monoisotopic (exact) mass is 330 g/mol. The first kappa shape index (κ1) is 18.3. The van der Waals surface area contributed by atoms with E-state index in [9.17, 15) is 4.79 Å². The second-order valence-electron chi connectivity index (χ2n) is 5.75. The first-order chi connectivity index (χ1) is 9.50. The molecule has 5 heteroatoms. The Morgan fingerprint density at radius 1 is 1.38 bits per heavy atom. The molecule has 1 amide bonds. The summed E-state index contributed by atoms with van der Waals surface area (Å²) in [6, 6.07) is 8.23. The Hall–Kier alpha value is -0.770. The maximum atomic E-state index is 12.5. The summed E-state index contributed by atoms with van der Waals surface area (Å²) in [4.78, 5) is 14.5. The van der Waals surface area contributed by atoms with E-state index in [0.29, 0.717) is 12.5 Å². The molecule has 0 heterocycles. The van der Waals surface area contributed by atoms with Crippen LogP contribution in [0.3, 0.4) is 0 Å². The van der Waals surface area contributed by atoms with Gasteiger partial charge < -0.3 is 10.6 Å². The number of rotatable bonds is 6. The van der Waals surface area contributed by atoms with Crippen molar-refractivity contribution in [1.82, 2.24) is 4.90 Å². The van der Waals surface area contributed by atoms with E-state index < -0.39 is 0 Å². The van der Waals surface area contributed by atoms with Crippen LogP contribution in [0, 0.1) is 0 Å². The number of carbonyl (C=O) groups is 1. The lowest BCUT2D eigenvalue weighted by Gasteiger charge is -2.30. The molecule has 1 aliphatic rings. The van der Waals surface area contributed by atoms with Gasteiger partial charge in [-0.2, -0.15) is 0 Å². The molecule has 1 saturated carbocycles. The number of nitrogens with zero attached hydrogens (tertiary/aromatic N) is 1. The predicted octanol–water partition coefficient (Wildman–Crippen LogP) is 3.94. The van der Waals surface area contributed by atoms with Gasteiger partial charge in [0.25, 0.3) is 0 Å². The highest BCUT2D eigenvalue weighted by atomic mass is 35.5. The smallest absolute Gasteiger partial charge is 0.223 e. The number of nitrogens with two attached hydrogens (primary N) is 1. The quantitative estimate of drug-likeness (QED) is 0.858. The van der Waals surface area contributed by atoms with Gasteiger partial charge in [0.15, 0.2) is 0 Å². The fourth-order valence-corrected chi connectivity index (χ4v) is 2.83. The number of halogens is 2. The normalized spacial score (nSPS) is 16.8. The highest BCUT2D eigenvalue weighted by Gasteiger charge is 2.36. The second-order valence-corrected chi connectivity index (χ2v) is 6.15. The highest BCUT2D eigenvalue weighted by Crippen LogP contribution is 2.37. The Morgan fingerprint density at radius 2 is 2.00 bits per heavy atom. The van der Waals surface area contributed by atoms with Gasteiger partial charge in [-0.15, -0.1) is 12.4 Å². The van der Waals surface area contributed by atoms with Crippen LogP contribution in [0.5, 0.6) is 0 Å². The lowest BCUT2D eigenvalue weighted by molar-refractivity contribution is -0.134. The lowest BCUT2D eigenvalue weighted by Crippen LogP contribution is -2.36. The van der Waals surface area contributed by atoms with Crippen LogP contribution in [0.4, 0.5) is 0 Å². The highest BCUT2D eigenvalue weighted by molar-refractivity contribution is 6.31. The maximum Gasteiger partial charge on any atom is 0.223 e. The summed E-state index contributed by atoms with van der Waals surface area (Å²) in [6.07, 6.45) is 3.44. The Bertz CT molecular complexity index is 475. The van der Waals surface area contributed by atoms with Gasteiger partial charge in [-0.25, -0.2) is 0 Å². The van der Waals surface area contributed by atoms with E-state index in [1.54, 1.807) is 0 Å². The van der Waals surface area contributed by atoms with Crippen LogP contribution in [-0.4, -0.2) is 22.9 Å². The van der Waals surface area contributed by atoms with Gasteiger partial charge >= 0.3 is 0 Å². The summed E-state index contributed by atoms with van der Waals surface area (Å²) < 4.78 is 0. The Labute approximate surface area is 138 Å². The van der Waals surface area contributed by atoms with Crippen molar-refractivity contribution in [2.24, 2.45) is 5.73 Å². The van der Waals surface area contributed by atoms with Gasteiger partial charge in [0.1, 0.15) is 0 Å². The molecule has 2 rings (SSSR count). The summed E-state index contributed by atoms with van der Waals surface area (Å²) in [5.41, 5.74) is 6.78. The third-order valence-electron chi connectivity index (χ3n) is 3.81. The maximum absolute atomic E-state index is 12.5. The Kier molecular flexibility index (Phi) is 6.98. The molecule has 1 aromatic carbocycles. The number of hydrogen-bond donors (Lipinski definition) is 1. The van der Waals surface area contributed by atoms with E-state index in [0.717, 1.165) is 29.8 Å². The molecule has 21 heavy (non-hydrogen) atoms. The number of carbonyl (C=O) groups excluding carboxylic acids is 1. The van der Waals surface area contributed by atoms with Crippen molar-refractivity contribution < 1.29 is 4.79 Å². The first-order valence-corrected chi connectivity index (χ1v) is 7.69. The van der Waals surface area contributed by atoms with Crippen molar-refractivity contribution in [2.45, 2.75) is 57.7 Å². The van der Waals surface area contributed by atoms with Gasteiger partial charge in [-0.1, -0.05) is 29.8 Å². The molecule has 3 nitrogen and oxygen atoms in total. The predicted molar refractivity (Wildman–Crippen MR) is 89.9 cm³/mol. The van der Waals surface area contributed by atoms with Crippen LogP contribution in [0.1, 0.15) is 51.1 Å². The van der Waals surface area contributed by atoms with Gasteiger partial charge in [0.2, 0.25) is 5.91 Å². The van der Waals surface area contributed by atoms with Crippen molar-refractivity contribution in [1.29, 1.82) is 0 Å². The summed E-state index contributed by atoms with van der Waals surface area (Å²) in [7, 11) is 0. The first-order valence-electron chi connectivity index (χ1n) is 7.32. The van der Waals surface area contributed by atoms with Crippen molar-refractivity contribution in [3.8, 4) is 0 Å². The molecule has 1 fully saturated rings. The van der Waals surface area contributed by atoms with Crippen LogP contribution in [0.25, 0.3) is 0 Å². The molecule has 0 bridgehead atoms. The standard InChI is InChI=1S/C16H23ClN2O.ClH/c1-11(18)7-10-16(20)19(13-8-9-13)12(2)14-5-3-4-6-15(14)17;/h3-6,11-13H,7-10,18H2,1-2H3;1H. The zero-order valence-electron chi connectivity index (χ0n) is 12.6. The lowest BCUT2D eigenvalue weighted by atomic mass is 10.1. The number of hydrogen-bond acceptors (Lipinski definition) is 2. The minimum absolute atomic E-state index is 0. The molecule has 1 aliphatic carbocycles. The molecule has 0 spiro atoms. The van der Waals surface area contributed by atoms with E-state index in [1.165, 1.54) is 0 Å². The minimum atomic E-state index is 0. The van der Waals surface area contributed by atoms with Gasteiger partial charge in [0.05, 0.1) is 6.04 Å². The molecule has 2 unspecified atom stereocenters. The fraction of sp³-hybridized carbons (Fsp3) is 0.562. The topological polar surface area (TPSA) is 46.3 Å². The zero-order valence-corrected chi connectivity index (χ0v) is 14.2. The molecule has 2 atom stereocenters. The zero-order chi connectivity index (χ0) is 14.7. The van der Waals surface area contributed by atoms with Crippen molar-refractivity contribution >= 4 is 29.9 Å². The van der Waals surface area contributed by atoms with E-state index in [1.807, 2.05) is 36.1 Å². The third-order valence-corrected chi connectivity index (χ3v) is 4.16. The van der Waals surface area contributed by atoms with Crippen LogP contribution in [-0.2, 0) is 4.79 Å². The van der Waals surface area contributed by atoms with E-state index in [2.05, 4.69) is 6.92 Å². The average Bonchev–Trinajstić information content (AvgIpc) is 3.21. The molecule has 0 aliphatic heterocycles. The Morgan fingerprint density at radius 3 is 2.52 bits per heavy atom. The molecule has 0 aromatic heterocycles. The summed E-state index contributed by atoms with van der Waals surface area (Å²) in [5, 5.41) is 0.727. The van der Waals surface area contributed by atoms with Crippen LogP contribution < -0.4 is 5.73 Å². The molecule has 2 N–H and O–H groups in total. The fourth-order valence-electron chi connectivity index (χ4n) is 2.53. The van der Waals surface area contributed by atoms with Gasteiger partial charge in [-0.3, -0.25) is 4.79 Å². The molecule has 118 valence electrons. The molecule has 0 saturated heterocycles. The SMILES string of the molecule is CC(N)CCC(=O)N(C1CC1)C(C)c1ccccc1Cl.Cl. The second kappa shape index (κ2) is 8.02. The van der Waals surface area contributed by atoms with Crippen LogP contribution >= 0.6 is 24.0 Å².